The molecule has 4 nitrogen and oxygen atoms in total. The fraction of sp³-hybridized carbons (Fsp3) is 0.316. The Kier molecular flexibility index (Phi) is 8.06. The molecule has 134 valence electrons. The number of halogens is 2. The van der Waals surface area contributed by atoms with Crippen molar-refractivity contribution in [3.63, 3.8) is 0 Å². The van der Waals surface area contributed by atoms with E-state index in [-0.39, 0.29) is 12.5 Å². The van der Waals surface area contributed by atoms with Crippen LogP contribution in [-0.2, 0) is 11.3 Å². The van der Waals surface area contributed by atoms with Gasteiger partial charge in [-0.2, -0.15) is 0 Å². The molecule has 2 aromatic rings. The summed E-state index contributed by atoms with van der Waals surface area (Å²) >= 11 is 11.9. The van der Waals surface area contributed by atoms with Gasteiger partial charge in [-0.3, -0.25) is 4.79 Å². The molecule has 0 radical (unpaired) electrons. The van der Waals surface area contributed by atoms with Gasteiger partial charge >= 0.3 is 0 Å². The van der Waals surface area contributed by atoms with E-state index in [0.717, 1.165) is 19.5 Å². The third-order valence-electron chi connectivity index (χ3n) is 3.59. The molecule has 2 aromatic carbocycles. The van der Waals surface area contributed by atoms with E-state index in [4.69, 9.17) is 27.9 Å². The van der Waals surface area contributed by atoms with Crippen molar-refractivity contribution < 1.29 is 9.53 Å². The molecule has 1 amide bonds. The first kappa shape index (κ1) is 19.6. The Labute approximate surface area is 158 Å². The van der Waals surface area contributed by atoms with Crippen molar-refractivity contribution in [2.24, 2.45) is 0 Å². The van der Waals surface area contributed by atoms with Crippen molar-refractivity contribution in [2.75, 3.05) is 26.7 Å². The highest BCUT2D eigenvalue weighted by Crippen LogP contribution is 2.27. The zero-order valence-electron chi connectivity index (χ0n) is 14.2. The van der Waals surface area contributed by atoms with Gasteiger partial charge < -0.3 is 15.0 Å². The van der Waals surface area contributed by atoms with Crippen molar-refractivity contribution in [3.05, 3.63) is 64.1 Å². The SMILES string of the molecule is CN(CCCNC(=O)COc1cc(Cl)ccc1Cl)Cc1ccccc1. The van der Waals surface area contributed by atoms with Gasteiger partial charge in [0, 0.05) is 24.2 Å². The van der Waals surface area contributed by atoms with Gasteiger partial charge in [-0.25, -0.2) is 0 Å². The fourth-order valence-electron chi connectivity index (χ4n) is 2.33. The molecular formula is C19H22Cl2N2O2. The number of hydrogen-bond acceptors (Lipinski definition) is 3. The van der Waals surface area contributed by atoms with Crippen LogP contribution >= 0.6 is 23.2 Å². The van der Waals surface area contributed by atoms with Crippen LogP contribution in [-0.4, -0.2) is 37.6 Å². The monoisotopic (exact) mass is 380 g/mol. The van der Waals surface area contributed by atoms with Gasteiger partial charge in [0.15, 0.2) is 6.61 Å². The summed E-state index contributed by atoms with van der Waals surface area (Å²) in [6.45, 7) is 2.31. The van der Waals surface area contributed by atoms with E-state index in [1.165, 1.54) is 5.56 Å². The topological polar surface area (TPSA) is 41.6 Å². The first-order valence-electron chi connectivity index (χ1n) is 8.11. The molecular weight excluding hydrogens is 359 g/mol. The van der Waals surface area contributed by atoms with E-state index in [0.29, 0.717) is 22.3 Å². The Morgan fingerprint density at radius 2 is 1.92 bits per heavy atom. The molecule has 0 saturated heterocycles. The summed E-state index contributed by atoms with van der Waals surface area (Å²) in [5, 5.41) is 3.78. The zero-order valence-corrected chi connectivity index (χ0v) is 15.7. The lowest BCUT2D eigenvalue weighted by Gasteiger charge is -2.16. The van der Waals surface area contributed by atoms with E-state index >= 15 is 0 Å². The van der Waals surface area contributed by atoms with Crippen molar-refractivity contribution in [3.8, 4) is 5.75 Å². The lowest BCUT2D eigenvalue weighted by Crippen LogP contribution is -2.31. The maximum Gasteiger partial charge on any atom is 0.257 e. The smallest absolute Gasteiger partial charge is 0.257 e. The molecule has 0 atom stereocenters. The van der Waals surface area contributed by atoms with Crippen LogP contribution < -0.4 is 10.1 Å². The lowest BCUT2D eigenvalue weighted by atomic mass is 10.2. The van der Waals surface area contributed by atoms with Gasteiger partial charge in [-0.1, -0.05) is 53.5 Å². The molecule has 0 spiro atoms. The first-order chi connectivity index (χ1) is 12.0. The minimum absolute atomic E-state index is 0.0834. The molecule has 0 aliphatic rings. The van der Waals surface area contributed by atoms with Gasteiger partial charge in [0.25, 0.3) is 5.91 Å². The average Bonchev–Trinajstić information content (AvgIpc) is 2.60. The maximum absolute atomic E-state index is 11.8. The molecule has 25 heavy (non-hydrogen) atoms. The minimum atomic E-state index is -0.179. The predicted octanol–water partition coefficient (Wildman–Crippen LogP) is 4.01. The molecule has 1 N–H and O–H groups in total. The van der Waals surface area contributed by atoms with Gasteiger partial charge in [-0.05, 0) is 37.7 Å². The number of ether oxygens (including phenoxy) is 1. The second kappa shape index (κ2) is 10.3. The Morgan fingerprint density at radius 3 is 2.68 bits per heavy atom. The molecule has 0 aliphatic heterocycles. The summed E-state index contributed by atoms with van der Waals surface area (Å²) in [6, 6.07) is 15.2. The van der Waals surface area contributed by atoms with Gasteiger partial charge in [0.1, 0.15) is 5.75 Å². The van der Waals surface area contributed by atoms with E-state index < -0.39 is 0 Å². The Morgan fingerprint density at radius 1 is 1.16 bits per heavy atom. The fourth-order valence-corrected chi connectivity index (χ4v) is 2.67. The molecule has 0 saturated carbocycles. The van der Waals surface area contributed by atoms with Crippen LogP contribution in [0.5, 0.6) is 5.75 Å². The van der Waals surface area contributed by atoms with E-state index in [1.54, 1.807) is 18.2 Å². The Hall–Kier alpha value is -1.75. The summed E-state index contributed by atoms with van der Waals surface area (Å²) in [5.41, 5.74) is 1.28. The van der Waals surface area contributed by atoms with Crippen LogP contribution in [0.1, 0.15) is 12.0 Å². The number of nitrogens with one attached hydrogen (secondary N) is 1. The number of hydrogen-bond donors (Lipinski definition) is 1. The van der Waals surface area contributed by atoms with Gasteiger partial charge in [0.05, 0.1) is 5.02 Å². The molecule has 0 aliphatic carbocycles. The largest absolute Gasteiger partial charge is 0.482 e. The third-order valence-corrected chi connectivity index (χ3v) is 4.13. The number of nitrogens with zero attached hydrogens (tertiary/aromatic N) is 1. The Balaban J connectivity index is 1.61. The number of carbonyl (C=O) groups is 1. The molecule has 0 fully saturated rings. The summed E-state index contributed by atoms with van der Waals surface area (Å²) < 4.78 is 5.40. The molecule has 0 unspecified atom stereocenters. The highest BCUT2D eigenvalue weighted by Gasteiger charge is 2.07. The van der Waals surface area contributed by atoms with E-state index in [9.17, 15) is 4.79 Å². The normalized spacial score (nSPS) is 10.7. The van der Waals surface area contributed by atoms with Crippen molar-refractivity contribution in [1.82, 2.24) is 10.2 Å². The van der Waals surface area contributed by atoms with Crippen molar-refractivity contribution >= 4 is 29.1 Å². The number of carbonyl (C=O) groups excluding carboxylic acids is 1. The third kappa shape index (κ3) is 7.34. The number of amides is 1. The first-order valence-corrected chi connectivity index (χ1v) is 8.87. The summed E-state index contributed by atoms with van der Waals surface area (Å²) in [6.07, 6.45) is 0.868. The second-order valence-electron chi connectivity index (χ2n) is 5.79. The van der Waals surface area contributed by atoms with Crippen LogP contribution in [0.2, 0.25) is 10.0 Å². The van der Waals surface area contributed by atoms with Crippen LogP contribution in [0, 0.1) is 0 Å². The predicted molar refractivity (Wildman–Crippen MR) is 102 cm³/mol. The number of benzene rings is 2. The zero-order chi connectivity index (χ0) is 18.1. The maximum atomic E-state index is 11.8. The highest BCUT2D eigenvalue weighted by atomic mass is 35.5. The van der Waals surface area contributed by atoms with E-state index in [1.807, 2.05) is 18.2 Å². The summed E-state index contributed by atoms with van der Waals surface area (Å²) in [4.78, 5) is 14.0. The molecule has 2 rings (SSSR count). The standard InChI is InChI=1S/C19H22Cl2N2O2/c1-23(13-15-6-3-2-4-7-15)11-5-10-22-19(24)14-25-18-12-16(20)8-9-17(18)21/h2-4,6-9,12H,5,10-11,13-14H2,1H3,(H,22,24). The Bertz CT molecular complexity index is 680. The summed E-state index contributed by atoms with van der Waals surface area (Å²) in [7, 11) is 2.07. The molecule has 0 aromatic heterocycles. The van der Waals surface area contributed by atoms with Gasteiger partial charge in [0.2, 0.25) is 0 Å². The van der Waals surface area contributed by atoms with Crippen molar-refractivity contribution in [2.45, 2.75) is 13.0 Å². The van der Waals surface area contributed by atoms with Crippen LogP contribution in [0.4, 0.5) is 0 Å². The van der Waals surface area contributed by atoms with E-state index in [2.05, 4.69) is 29.4 Å². The van der Waals surface area contributed by atoms with Crippen LogP contribution in [0.3, 0.4) is 0 Å². The lowest BCUT2D eigenvalue weighted by molar-refractivity contribution is -0.123. The van der Waals surface area contributed by atoms with Crippen LogP contribution in [0.15, 0.2) is 48.5 Å². The molecule has 0 heterocycles. The summed E-state index contributed by atoms with van der Waals surface area (Å²) in [5.74, 6) is 0.230. The minimum Gasteiger partial charge on any atom is -0.482 e. The van der Waals surface area contributed by atoms with Crippen LogP contribution in [0.25, 0.3) is 0 Å². The molecule has 0 bridgehead atoms. The highest BCUT2D eigenvalue weighted by molar-refractivity contribution is 6.34. The second-order valence-corrected chi connectivity index (χ2v) is 6.63. The molecule has 6 heteroatoms. The quantitative estimate of drug-likeness (QED) is 0.668. The average molecular weight is 381 g/mol. The number of rotatable bonds is 9. The van der Waals surface area contributed by atoms with Gasteiger partial charge in [-0.15, -0.1) is 0 Å². The van der Waals surface area contributed by atoms with Crippen molar-refractivity contribution in [1.29, 1.82) is 0 Å².